The molecule has 1 unspecified atom stereocenters. The Morgan fingerprint density at radius 2 is 2.00 bits per heavy atom. The largest absolute Gasteiger partial charge is 0.460 e. The second kappa shape index (κ2) is 4.24. The predicted molar refractivity (Wildman–Crippen MR) is 45.7 cm³/mol. The molecule has 70 valence electrons. The maximum atomic E-state index is 11.2. The first-order valence-electron chi connectivity index (χ1n) is 4.03. The van der Waals surface area contributed by atoms with E-state index in [9.17, 15) is 9.59 Å². The van der Waals surface area contributed by atoms with Crippen molar-refractivity contribution in [3.8, 4) is 0 Å². The third kappa shape index (κ3) is 4.88. The average Bonchev–Trinajstić information content (AvgIpc) is 1.84. The van der Waals surface area contributed by atoms with Crippen LogP contribution in [0.5, 0.6) is 0 Å². The van der Waals surface area contributed by atoms with Crippen LogP contribution >= 0.6 is 0 Å². The molecular formula is C9H16O3. The van der Waals surface area contributed by atoms with Gasteiger partial charge in [-0.1, -0.05) is 6.92 Å². The lowest BCUT2D eigenvalue weighted by Crippen LogP contribution is -2.27. The van der Waals surface area contributed by atoms with Gasteiger partial charge in [0.15, 0.2) is 0 Å². The monoisotopic (exact) mass is 172 g/mol. The number of hydrogen-bond acceptors (Lipinski definition) is 3. The van der Waals surface area contributed by atoms with Crippen LogP contribution in [-0.4, -0.2) is 17.9 Å². The third-order valence-electron chi connectivity index (χ3n) is 1.26. The van der Waals surface area contributed by atoms with Crippen LogP contribution < -0.4 is 0 Å². The van der Waals surface area contributed by atoms with Crippen LogP contribution in [0.3, 0.4) is 0 Å². The second-order valence-electron chi connectivity index (χ2n) is 3.84. The minimum atomic E-state index is -0.464. The normalized spacial score (nSPS) is 13.7. The minimum absolute atomic E-state index is 0.231. The Bertz CT molecular complexity index is 167. The summed E-state index contributed by atoms with van der Waals surface area (Å²) in [5.41, 5.74) is -0.464. The van der Waals surface area contributed by atoms with Gasteiger partial charge < -0.3 is 9.53 Å². The summed E-state index contributed by atoms with van der Waals surface area (Å²) in [6.45, 7) is 7.10. The zero-order chi connectivity index (χ0) is 9.78. The fourth-order valence-corrected chi connectivity index (χ4v) is 0.643. The summed E-state index contributed by atoms with van der Waals surface area (Å²) in [5.74, 6) is -0.642. The van der Waals surface area contributed by atoms with Crippen LogP contribution in [0, 0.1) is 5.92 Å². The topological polar surface area (TPSA) is 43.4 Å². The van der Waals surface area contributed by atoms with Crippen molar-refractivity contribution in [2.24, 2.45) is 5.92 Å². The Morgan fingerprint density at radius 3 is 2.33 bits per heavy atom. The van der Waals surface area contributed by atoms with Crippen LogP contribution in [-0.2, 0) is 14.3 Å². The van der Waals surface area contributed by atoms with Gasteiger partial charge in [0.25, 0.3) is 0 Å². The van der Waals surface area contributed by atoms with Gasteiger partial charge in [0, 0.05) is 6.42 Å². The molecule has 3 heteroatoms. The summed E-state index contributed by atoms with van der Waals surface area (Å²) in [6, 6.07) is 0. The molecule has 0 aliphatic carbocycles. The SMILES string of the molecule is CC(CC=O)C(=O)OC(C)(C)C. The standard InChI is InChI=1S/C9H16O3/c1-7(5-6-10)8(11)12-9(2,3)4/h6-7H,5H2,1-4H3. The highest BCUT2D eigenvalue weighted by Gasteiger charge is 2.20. The Morgan fingerprint density at radius 1 is 1.50 bits per heavy atom. The Kier molecular flexibility index (Phi) is 3.93. The summed E-state index contributed by atoms with van der Waals surface area (Å²) in [7, 11) is 0. The number of carbonyl (C=O) groups is 2. The van der Waals surface area contributed by atoms with Gasteiger partial charge in [0.2, 0.25) is 0 Å². The van der Waals surface area contributed by atoms with Gasteiger partial charge in [-0.25, -0.2) is 0 Å². The molecular weight excluding hydrogens is 156 g/mol. The summed E-state index contributed by atoms with van der Waals surface area (Å²) >= 11 is 0. The van der Waals surface area contributed by atoms with Crippen molar-refractivity contribution >= 4 is 12.3 Å². The molecule has 0 saturated carbocycles. The minimum Gasteiger partial charge on any atom is -0.460 e. The molecule has 0 radical (unpaired) electrons. The first-order valence-corrected chi connectivity index (χ1v) is 4.03. The van der Waals surface area contributed by atoms with Crippen molar-refractivity contribution in [2.75, 3.05) is 0 Å². The zero-order valence-corrected chi connectivity index (χ0v) is 8.09. The van der Waals surface area contributed by atoms with E-state index >= 15 is 0 Å². The molecule has 12 heavy (non-hydrogen) atoms. The smallest absolute Gasteiger partial charge is 0.309 e. The van der Waals surface area contributed by atoms with Crippen LogP contribution in [0.2, 0.25) is 0 Å². The van der Waals surface area contributed by atoms with E-state index in [2.05, 4.69) is 0 Å². The highest BCUT2D eigenvalue weighted by atomic mass is 16.6. The van der Waals surface area contributed by atoms with Crippen molar-refractivity contribution < 1.29 is 14.3 Å². The summed E-state index contributed by atoms with van der Waals surface area (Å²) < 4.78 is 5.05. The molecule has 0 aliphatic heterocycles. The molecule has 0 rings (SSSR count). The van der Waals surface area contributed by atoms with Crippen LogP contribution in [0.1, 0.15) is 34.1 Å². The highest BCUT2D eigenvalue weighted by molar-refractivity contribution is 5.75. The summed E-state index contributed by atoms with van der Waals surface area (Å²) in [6.07, 6.45) is 0.962. The van der Waals surface area contributed by atoms with Crippen LogP contribution in [0.15, 0.2) is 0 Å². The van der Waals surface area contributed by atoms with Gasteiger partial charge in [0.05, 0.1) is 5.92 Å². The predicted octanol–water partition coefficient (Wildman–Crippen LogP) is 1.55. The Balaban J connectivity index is 3.95. The van der Waals surface area contributed by atoms with E-state index in [1.807, 2.05) is 0 Å². The van der Waals surface area contributed by atoms with E-state index < -0.39 is 5.60 Å². The third-order valence-corrected chi connectivity index (χ3v) is 1.26. The Hall–Kier alpha value is -0.860. The molecule has 0 saturated heterocycles. The quantitative estimate of drug-likeness (QED) is 0.479. The number of carbonyl (C=O) groups excluding carboxylic acids is 2. The van der Waals surface area contributed by atoms with Crippen LogP contribution in [0.4, 0.5) is 0 Å². The van der Waals surface area contributed by atoms with Crippen molar-refractivity contribution in [1.29, 1.82) is 0 Å². The number of ether oxygens (including phenoxy) is 1. The molecule has 0 heterocycles. The van der Waals surface area contributed by atoms with Crippen molar-refractivity contribution in [1.82, 2.24) is 0 Å². The summed E-state index contributed by atoms with van der Waals surface area (Å²) in [5, 5.41) is 0. The lowest BCUT2D eigenvalue weighted by molar-refractivity contribution is -0.159. The van der Waals surface area contributed by atoms with Crippen molar-refractivity contribution in [3.63, 3.8) is 0 Å². The zero-order valence-electron chi connectivity index (χ0n) is 8.09. The van der Waals surface area contributed by atoms with Crippen molar-refractivity contribution in [3.05, 3.63) is 0 Å². The van der Waals surface area contributed by atoms with Gasteiger partial charge >= 0.3 is 5.97 Å². The second-order valence-corrected chi connectivity index (χ2v) is 3.84. The molecule has 0 amide bonds. The molecule has 0 aromatic carbocycles. The molecule has 3 nitrogen and oxygen atoms in total. The number of esters is 1. The first-order chi connectivity index (χ1) is 5.37. The molecule has 0 bridgehead atoms. The fourth-order valence-electron chi connectivity index (χ4n) is 0.643. The van der Waals surface area contributed by atoms with Gasteiger partial charge in [-0.3, -0.25) is 4.79 Å². The van der Waals surface area contributed by atoms with E-state index in [0.29, 0.717) is 0 Å². The highest BCUT2D eigenvalue weighted by Crippen LogP contribution is 2.12. The van der Waals surface area contributed by atoms with E-state index in [-0.39, 0.29) is 18.3 Å². The maximum Gasteiger partial charge on any atom is 0.309 e. The number of hydrogen-bond donors (Lipinski definition) is 0. The molecule has 0 spiro atoms. The lowest BCUT2D eigenvalue weighted by atomic mass is 10.1. The van der Waals surface area contributed by atoms with E-state index in [4.69, 9.17) is 4.74 Å². The lowest BCUT2D eigenvalue weighted by Gasteiger charge is -2.21. The van der Waals surface area contributed by atoms with E-state index in [1.54, 1.807) is 27.7 Å². The van der Waals surface area contributed by atoms with Crippen molar-refractivity contribution in [2.45, 2.75) is 39.7 Å². The summed E-state index contributed by atoms with van der Waals surface area (Å²) in [4.78, 5) is 21.2. The molecule has 0 aliphatic rings. The Labute approximate surface area is 73.1 Å². The van der Waals surface area contributed by atoms with Crippen LogP contribution in [0.25, 0.3) is 0 Å². The molecule has 0 aromatic rings. The number of aldehydes is 1. The van der Waals surface area contributed by atoms with Gasteiger partial charge in [-0.15, -0.1) is 0 Å². The molecule has 0 aromatic heterocycles. The molecule has 0 fully saturated rings. The average molecular weight is 172 g/mol. The van der Waals surface area contributed by atoms with E-state index in [0.717, 1.165) is 6.29 Å². The van der Waals surface area contributed by atoms with Gasteiger partial charge in [0.1, 0.15) is 11.9 Å². The molecule has 0 N–H and O–H groups in total. The molecule has 1 atom stereocenters. The fraction of sp³-hybridized carbons (Fsp3) is 0.778. The number of rotatable bonds is 3. The van der Waals surface area contributed by atoms with Gasteiger partial charge in [-0.2, -0.15) is 0 Å². The van der Waals surface area contributed by atoms with Gasteiger partial charge in [-0.05, 0) is 20.8 Å². The van der Waals surface area contributed by atoms with E-state index in [1.165, 1.54) is 0 Å². The maximum absolute atomic E-state index is 11.2. The first kappa shape index (κ1) is 11.1.